The summed E-state index contributed by atoms with van der Waals surface area (Å²) in [6, 6.07) is 14.3. The lowest BCUT2D eigenvalue weighted by molar-refractivity contribution is 0.0919. The second-order valence-corrected chi connectivity index (χ2v) is 5.87. The molecule has 28 heavy (non-hydrogen) atoms. The van der Waals surface area contributed by atoms with Crippen molar-refractivity contribution in [3.63, 3.8) is 0 Å². The molecule has 0 radical (unpaired) electrons. The number of nitrogens with one attached hydrogen (secondary N) is 1. The van der Waals surface area contributed by atoms with Crippen molar-refractivity contribution >= 4 is 5.91 Å². The zero-order valence-electron chi connectivity index (χ0n) is 15.5. The van der Waals surface area contributed by atoms with Gasteiger partial charge in [0.15, 0.2) is 5.76 Å². The van der Waals surface area contributed by atoms with E-state index >= 15 is 0 Å². The molecule has 7 heteroatoms. The molecule has 2 aromatic carbocycles. The third-order valence-corrected chi connectivity index (χ3v) is 4.01. The van der Waals surface area contributed by atoms with Crippen molar-refractivity contribution in [2.24, 2.45) is 0 Å². The van der Waals surface area contributed by atoms with Gasteiger partial charge in [-0.1, -0.05) is 0 Å². The van der Waals surface area contributed by atoms with Crippen LogP contribution < -0.4 is 19.5 Å². The number of hydrogen-bond donors (Lipinski definition) is 1. The molecule has 3 rings (SSSR count). The van der Waals surface area contributed by atoms with E-state index in [-0.39, 0.29) is 30.6 Å². The van der Waals surface area contributed by atoms with E-state index in [1.807, 2.05) is 6.07 Å². The molecule has 0 aliphatic heterocycles. The maximum absolute atomic E-state index is 12.9. The number of halogens is 1. The number of carbonyl (C=O) groups is 1. The number of methoxy groups -OCH3 is 2. The molecular formula is C21H20FNO5. The smallest absolute Gasteiger partial charge is 0.287 e. The molecule has 0 bridgehead atoms. The molecule has 6 nitrogen and oxygen atoms in total. The summed E-state index contributed by atoms with van der Waals surface area (Å²) in [7, 11) is 3.13. The van der Waals surface area contributed by atoms with Crippen molar-refractivity contribution in [3.8, 4) is 17.2 Å². The SMILES string of the molecule is COc1ccc(CNC(=O)c2ccc(COc3ccc(F)cc3)o2)c(OC)c1. The van der Waals surface area contributed by atoms with E-state index in [4.69, 9.17) is 18.6 Å². The summed E-state index contributed by atoms with van der Waals surface area (Å²) in [5, 5.41) is 2.78. The first-order valence-electron chi connectivity index (χ1n) is 8.55. The van der Waals surface area contributed by atoms with E-state index in [0.717, 1.165) is 5.56 Å². The zero-order chi connectivity index (χ0) is 19.9. The Kier molecular flexibility index (Phi) is 6.16. The molecule has 0 spiro atoms. The maximum Gasteiger partial charge on any atom is 0.287 e. The normalized spacial score (nSPS) is 10.4. The lowest BCUT2D eigenvalue weighted by Gasteiger charge is -2.10. The topological polar surface area (TPSA) is 69.9 Å². The van der Waals surface area contributed by atoms with Gasteiger partial charge in [-0.05, 0) is 48.5 Å². The minimum absolute atomic E-state index is 0.130. The van der Waals surface area contributed by atoms with Crippen molar-refractivity contribution in [1.82, 2.24) is 5.32 Å². The summed E-state index contributed by atoms with van der Waals surface area (Å²) < 4.78 is 34.4. The number of rotatable bonds is 8. The van der Waals surface area contributed by atoms with Gasteiger partial charge in [-0.3, -0.25) is 4.79 Å². The van der Waals surface area contributed by atoms with Gasteiger partial charge in [0, 0.05) is 18.2 Å². The lowest BCUT2D eigenvalue weighted by atomic mass is 10.2. The number of amides is 1. The van der Waals surface area contributed by atoms with Crippen molar-refractivity contribution in [2.45, 2.75) is 13.2 Å². The van der Waals surface area contributed by atoms with Crippen LogP contribution in [0.2, 0.25) is 0 Å². The van der Waals surface area contributed by atoms with Gasteiger partial charge >= 0.3 is 0 Å². The Hall–Kier alpha value is -3.48. The standard InChI is InChI=1S/C21H20FNO5/c1-25-17-6-3-14(20(11-17)26-2)12-23-21(24)19-10-9-18(28-19)13-27-16-7-4-15(22)5-8-16/h3-11H,12-13H2,1-2H3,(H,23,24). The van der Waals surface area contributed by atoms with Crippen LogP contribution in [-0.4, -0.2) is 20.1 Å². The van der Waals surface area contributed by atoms with Gasteiger partial charge in [0.05, 0.1) is 14.2 Å². The van der Waals surface area contributed by atoms with E-state index in [2.05, 4.69) is 5.32 Å². The van der Waals surface area contributed by atoms with Gasteiger partial charge in [0.2, 0.25) is 0 Å². The minimum atomic E-state index is -0.356. The Morgan fingerprint density at radius 1 is 1.00 bits per heavy atom. The molecule has 1 N–H and O–H groups in total. The summed E-state index contributed by atoms with van der Waals surface area (Å²) >= 11 is 0. The van der Waals surface area contributed by atoms with Gasteiger partial charge in [-0.15, -0.1) is 0 Å². The number of furan rings is 1. The lowest BCUT2D eigenvalue weighted by Crippen LogP contribution is -2.22. The van der Waals surface area contributed by atoms with Crippen LogP contribution in [0.4, 0.5) is 4.39 Å². The highest BCUT2D eigenvalue weighted by Gasteiger charge is 2.13. The molecule has 0 aliphatic rings. The quantitative estimate of drug-likeness (QED) is 0.636. The van der Waals surface area contributed by atoms with Gasteiger partial charge in [-0.2, -0.15) is 0 Å². The van der Waals surface area contributed by atoms with Crippen LogP contribution in [0, 0.1) is 5.82 Å². The fraction of sp³-hybridized carbons (Fsp3) is 0.190. The molecule has 0 saturated carbocycles. The van der Waals surface area contributed by atoms with Crippen molar-refractivity contribution < 1.29 is 27.8 Å². The molecule has 0 aliphatic carbocycles. The third kappa shape index (κ3) is 4.82. The van der Waals surface area contributed by atoms with Gasteiger partial charge < -0.3 is 23.9 Å². The minimum Gasteiger partial charge on any atom is -0.497 e. The monoisotopic (exact) mass is 385 g/mol. The maximum atomic E-state index is 12.9. The highest BCUT2D eigenvalue weighted by atomic mass is 19.1. The van der Waals surface area contributed by atoms with Crippen LogP contribution in [0.5, 0.6) is 17.2 Å². The average molecular weight is 385 g/mol. The summed E-state index contributed by atoms with van der Waals surface area (Å²) in [5.74, 6) is 1.76. The van der Waals surface area contributed by atoms with Crippen molar-refractivity contribution in [3.05, 3.63) is 77.5 Å². The van der Waals surface area contributed by atoms with Gasteiger partial charge in [-0.25, -0.2) is 4.39 Å². The molecule has 0 atom stereocenters. The number of ether oxygens (including phenoxy) is 3. The molecule has 1 aromatic heterocycles. The molecule has 146 valence electrons. The summed E-state index contributed by atoms with van der Waals surface area (Å²) in [4.78, 5) is 12.3. The van der Waals surface area contributed by atoms with Gasteiger partial charge in [0.1, 0.15) is 35.4 Å². The van der Waals surface area contributed by atoms with Crippen LogP contribution in [-0.2, 0) is 13.2 Å². The second-order valence-electron chi connectivity index (χ2n) is 5.87. The molecule has 0 unspecified atom stereocenters. The van der Waals surface area contributed by atoms with E-state index < -0.39 is 0 Å². The number of benzene rings is 2. The Balaban J connectivity index is 1.56. The molecule has 0 fully saturated rings. The van der Waals surface area contributed by atoms with Gasteiger partial charge in [0.25, 0.3) is 5.91 Å². The van der Waals surface area contributed by atoms with E-state index in [9.17, 15) is 9.18 Å². The Morgan fingerprint density at radius 3 is 2.46 bits per heavy atom. The summed E-state index contributed by atoms with van der Waals surface area (Å²) in [6.45, 7) is 0.402. The molecular weight excluding hydrogens is 365 g/mol. The van der Waals surface area contributed by atoms with Crippen LogP contribution in [0.25, 0.3) is 0 Å². The van der Waals surface area contributed by atoms with Crippen LogP contribution in [0.1, 0.15) is 21.9 Å². The summed E-state index contributed by atoms with van der Waals surface area (Å²) in [6.07, 6.45) is 0. The number of carbonyl (C=O) groups excluding carboxylic acids is 1. The third-order valence-electron chi connectivity index (χ3n) is 4.01. The van der Waals surface area contributed by atoms with Crippen LogP contribution >= 0.6 is 0 Å². The van der Waals surface area contributed by atoms with Crippen molar-refractivity contribution in [2.75, 3.05) is 14.2 Å². The Morgan fingerprint density at radius 2 is 1.75 bits per heavy atom. The fourth-order valence-corrected chi connectivity index (χ4v) is 2.52. The van der Waals surface area contributed by atoms with E-state index in [1.54, 1.807) is 38.5 Å². The molecule has 1 amide bonds. The Labute approximate surface area is 161 Å². The number of hydrogen-bond acceptors (Lipinski definition) is 5. The molecule has 3 aromatic rings. The average Bonchev–Trinajstić information content (AvgIpc) is 3.20. The first-order valence-corrected chi connectivity index (χ1v) is 8.55. The molecule has 0 saturated heterocycles. The highest BCUT2D eigenvalue weighted by molar-refractivity contribution is 5.91. The predicted octanol–water partition coefficient (Wildman–Crippen LogP) is 3.94. The van der Waals surface area contributed by atoms with Crippen LogP contribution in [0.15, 0.2) is 59.0 Å². The largest absolute Gasteiger partial charge is 0.497 e. The fourth-order valence-electron chi connectivity index (χ4n) is 2.52. The second kappa shape index (κ2) is 8.94. The van der Waals surface area contributed by atoms with E-state index in [1.165, 1.54) is 24.3 Å². The Bertz CT molecular complexity index is 936. The zero-order valence-corrected chi connectivity index (χ0v) is 15.5. The van der Waals surface area contributed by atoms with Crippen LogP contribution in [0.3, 0.4) is 0 Å². The highest BCUT2D eigenvalue weighted by Crippen LogP contribution is 2.24. The van der Waals surface area contributed by atoms with Crippen molar-refractivity contribution in [1.29, 1.82) is 0 Å². The predicted molar refractivity (Wildman–Crippen MR) is 100 cm³/mol. The first-order chi connectivity index (χ1) is 13.6. The van der Waals surface area contributed by atoms with E-state index in [0.29, 0.717) is 23.0 Å². The summed E-state index contributed by atoms with van der Waals surface area (Å²) in [5.41, 5.74) is 0.808. The molecule has 1 heterocycles. The first kappa shape index (κ1) is 19.3.